The van der Waals surface area contributed by atoms with E-state index in [4.69, 9.17) is 5.11 Å². The lowest BCUT2D eigenvalue weighted by molar-refractivity contribution is -0.383. The molecule has 1 rings (SSSR count). The van der Waals surface area contributed by atoms with Crippen LogP contribution in [0.25, 0.3) is 0 Å². The number of aliphatic hydroxyl groups excluding tert-OH is 1. The van der Waals surface area contributed by atoms with Gasteiger partial charge in [-0.1, -0.05) is 13.0 Å². The van der Waals surface area contributed by atoms with Crippen molar-refractivity contribution in [3.63, 3.8) is 0 Å². The Balaban J connectivity index is 3.27. The second-order valence-corrected chi connectivity index (χ2v) is 3.79. The Morgan fingerprint density at radius 1 is 1.33 bits per heavy atom. The van der Waals surface area contributed by atoms with Gasteiger partial charge in [0.15, 0.2) is 0 Å². The zero-order valence-electron chi connectivity index (χ0n) is 10.7. The average Bonchev–Trinajstić information content (AvgIpc) is 2.36. The molecule has 3 N–H and O–H groups in total. The predicted molar refractivity (Wildman–Crippen MR) is 72.2 cm³/mol. The first kappa shape index (κ1) is 14.2. The lowest BCUT2D eigenvalue weighted by Gasteiger charge is -2.13. The predicted octanol–water partition coefficient (Wildman–Crippen LogP) is 1.99. The molecule has 0 heterocycles. The molecule has 18 heavy (non-hydrogen) atoms. The minimum Gasteiger partial charge on any atom is -0.395 e. The number of hydrogen-bond acceptors (Lipinski definition) is 5. The molecule has 0 aliphatic heterocycles. The molecule has 0 saturated carbocycles. The molecule has 0 unspecified atom stereocenters. The minimum absolute atomic E-state index is 0.0460. The molecule has 1 aromatic rings. The van der Waals surface area contributed by atoms with Crippen molar-refractivity contribution >= 4 is 17.1 Å². The van der Waals surface area contributed by atoms with Crippen molar-refractivity contribution in [3.05, 3.63) is 27.8 Å². The maximum atomic E-state index is 11.2. The van der Waals surface area contributed by atoms with E-state index in [1.807, 2.05) is 19.9 Å². The number of nitro benzene ring substituents is 1. The number of rotatable bonds is 7. The summed E-state index contributed by atoms with van der Waals surface area (Å²) in [4.78, 5) is 10.8. The number of aliphatic hydroxyl groups is 1. The fourth-order valence-corrected chi connectivity index (χ4v) is 1.82. The smallest absolute Gasteiger partial charge is 0.315 e. The average molecular weight is 253 g/mol. The van der Waals surface area contributed by atoms with Crippen LogP contribution in [0, 0.1) is 10.1 Å². The van der Waals surface area contributed by atoms with E-state index in [1.54, 1.807) is 6.07 Å². The van der Waals surface area contributed by atoms with Gasteiger partial charge in [0.2, 0.25) is 0 Å². The Morgan fingerprint density at radius 3 is 2.56 bits per heavy atom. The molecule has 0 atom stereocenters. The lowest BCUT2D eigenvalue weighted by Crippen LogP contribution is -2.11. The number of benzene rings is 1. The van der Waals surface area contributed by atoms with Gasteiger partial charge >= 0.3 is 5.69 Å². The van der Waals surface area contributed by atoms with E-state index in [0.29, 0.717) is 17.9 Å². The van der Waals surface area contributed by atoms with Crippen molar-refractivity contribution in [2.45, 2.75) is 20.3 Å². The normalized spacial score (nSPS) is 10.2. The van der Waals surface area contributed by atoms with Gasteiger partial charge in [0.25, 0.3) is 0 Å². The summed E-state index contributed by atoms with van der Waals surface area (Å²) in [5.41, 5.74) is 1.96. The van der Waals surface area contributed by atoms with Crippen LogP contribution in [0.15, 0.2) is 12.1 Å². The highest BCUT2D eigenvalue weighted by molar-refractivity contribution is 5.79. The van der Waals surface area contributed by atoms with Crippen LogP contribution in [0.2, 0.25) is 0 Å². The molecule has 0 aliphatic carbocycles. The molecule has 0 amide bonds. The monoisotopic (exact) mass is 253 g/mol. The molecule has 0 saturated heterocycles. The highest BCUT2D eigenvalue weighted by atomic mass is 16.6. The molecule has 0 fully saturated rings. The van der Waals surface area contributed by atoms with Crippen LogP contribution in [0.5, 0.6) is 0 Å². The van der Waals surface area contributed by atoms with Gasteiger partial charge in [-0.25, -0.2) is 0 Å². The van der Waals surface area contributed by atoms with Gasteiger partial charge < -0.3 is 15.7 Å². The number of nitrogens with one attached hydrogen (secondary N) is 2. The largest absolute Gasteiger partial charge is 0.395 e. The van der Waals surface area contributed by atoms with Crippen molar-refractivity contribution in [2.75, 3.05) is 30.3 Å². The Kier molecular flexibility index (Phi) is 5.38. The SMILES string of the molecule is CCNc1c(CC)ccc(NCCO)c1[N+](=O)[O-]. The van der Waals surface area contributed by atoms with E-state index in [1.165, 1.54) is 0 Å². The molecule has 0 radical (unpaired) electrons. The van der Waals surface area contributed by atoms with E-state index >= 15 is 0 Å². The molecule has 6 heteroatoms. The van der Waals surface area contributed by atoms with Crippen LogP contribution < -0.4 is 10.6 Å². The van der Waals surface area contributed by atoms with Crippen LogP contribution in [0.4, 0.5) is 17.1 Å². The molecule has 0 spiro atoms. The van der Waals surface area contributed by atoms with Crippen LogP contribution in [-0.2, 0) is 6.42 Å². The van der Waals surface area contributed by atoms with Crippen molar-refractivity contribution < 1.29 is 10.0 Å². The summed E-state index contributed by atoms with van der Waals surface area (Å²) in [7, 11) is 0. The summed E-state index contributed by atoms with van der Waals surface area (Å²) in [5, 5.41) is 25.9. The highest BCUT2D eigenvalue weighted by Crippen LogP contribution is 2.36. The second kappa shape index (κ2) is 6.80. The van der Waals surface area contributed by atoms with E-state index < -0.39 is 4.92 Å². The van der Waals surface area contributed by atoms with E-state index in [2.05, 4.69) is 10.6 Å². The second-order valence-electron chi connectivity index (χ2n) is 3.79. The minimum atomic E-state index is -0.392. The van der Waals surface area contributed by atoms with Crippen LogP contribution in [0.3, 0.4) is 0 Å². The van der Waals surface area contributed by atoms with Crippen molar-refractivity contribution in [3.8, 4) is 0 Å². The molecular formula is C12H19N3O3. The molecule has 6 nitrogen and oxygen atoms in total. The fraction of sp³-hybridized carbons (Fsp3) is 0.500. The summed E-state index contributed by atoms with van der Waals surface area (Å²) in [6.07, 6.45) is 0.726. The quantitative estimate of drug-likeness (QED) is 0.511. The Labute approximate surface area is 106 Å². The van der Waals surface area contributed by atoms with Gasteiger partial charge in [0, 0.05) is 13.1 Å². The summed E-state index contributed by atoms with van der Waals surface area (Å²) >= 11 is 0. The molecule has 0 aromatic heterocycles. The van der Waals surface area contributed by atoms with Crippen molar-refractivity contribution in [2.24, 2.45) is 0 Å². The molecular weight excluding hydrogens is 234 g/mol. The van der Waals surface area contributed by atoms with Gasteiger partial charge in [-0.15, -0.1) is 0 Å². The van der Waals surface area contributed by atoms with Gasteiger partial charge in [-0.3, -0.25) is 10.1 Å². The van der Waals surface area contributed by atoms with Crippen LogP contribution in [-0.4, -0.2) is 29.7 Å². The Hall–Kier alpha value is -1.82. The maximum Gasteiger partial charge on any atom is 0.315 e. The van der Waals surface area contributed by atoms with Gasteiger partial charge in [0.05, 0.1) is 11.5 Å². The summed E-state index contributed by atoms with van der Waals surface area (Å²) in [5.74, 6) is 0. The molecule has 100 valence electrons. The third kappa shape index (κ3) is 3.10. The standard InChI is InChI=1S/C12H19N3O3/c1-3-9-5-6-10(14-7-8-16)12(15(17)18)11(9)13-4-2/h5-6,13-14,16H,3-4,7-8H2,1-2H3. The zero-order valence-corrected chi connectivity index (χ0v) is 10.7. The number of aryl methyl sites for hydroxylation is 1. The third-order valence-electron chi connectivity index (χ3n) is 2.61. The summed E-state index contributed by atoms with van der Waals surface area (Å²) < 4.78 is 0. The summed E-state index contributed by atoms with van der Waals surface area (Å²) in [6, 6.07) is 3.55. The van der Waals surface area contributed by atoms with Gasteiger partial charge in [0.1, 0.15) is 11.4 Å². The number of nitro groups is 1. The van der Waals surface area contributed by atoms with E-state index in [0.717, 1.165) is 12.0 Å². The van der Waals surface area contributed by atoms with E-state index in [-0.39, 0.29) is 18.8 Å². The van der Waals surface area contributed by atoms with E-state index in [9.17, 15) is 10.1 Å². The van der Waals surface area contributed by atoms with Gasteiger partial charge in [-0.2, -0.15) is 0 Å². The highest BCUT2D eigenvalue weighted by Gasteiger charge is 2.22. The number of anilines is 2. The topological polar surface area (TPSA) is 87.4 Å². The van der Waals surface area contributed by atoms with Crippen LogP contribution >= 0.6 is 0 Å². The first-order valence-electron chi connectivity index (χ1n) is 6.04. The number of hydrogen-bond donors (Lipinski definition) is 3. The Bertz CT molecular complexity index is 421. The lowest BCUT2D eigenvalue weighted by atomic mass is 10.1. The zero-order chi connectivity index (χ0) is 13.5. The maximum absolute atomic E-state index is 11.2. The third-order valence-corrected chi connectivity index (χ3v) is 2.61. The van der Waals surface area contributed by atoms with Crippen LogP contribution in [0.1, 0.15) is 19.4 Å². The summed E-state index contributed by atoms with van der Waals surface area (Å²) in [6.45, 7) is 4.70. The number of nitrogens with zero attached hydrogens (tertiary/aromatic N) is 1. The van der Waals surface area contributed by atoms with Crippen molar-refractivity contribution in [1.29, 1.82) is 0 Å². The molecule has 0 aliphatic rings. The molecule has 1 aromatic carbocycles. The molecule has 0 bridgehead atoms. The van der Waals surface area contributed by atoms with Gasteiger partial charge in [-0.05, 0) is 25.0 Å². The fourth-order valence-electron chi connectivity index (χ4n) is 1.82. The first-order valence-corrected chi connectivity index (χ1v) is 6.04. The first-order chi connectivity index (χ1) is 8.65. The van der Waals surface area contributed by atoms with Crippen molar-refractivity contribution in [1.82, 2.24) is 0 Å². The Morgan fingerprint density at radius 2 is 2.06 bits per heavy atom.